The summed E-state index contributed by atoms with van der Waals surface area (Å²) in [5, 5.41) is 2.06. The monoisotopic (exact) mass is 434 g/mol. The molecule has 2 heterocycles. The molecule has 5 nitrogen and oxygen atoms in total. The van der Waals surface area contributed by atoms with E-state index >= 15 is 0 Å². The number of nitrogens with zero attached hydrogens (tertiary/aromatic N) is 1. The number of rotatable bonds is 7. The summed E-state index contributed by atoms with van der Waals surface area (Å²) in [5.41, 5.74) is 8.23. The molecule has 0 unspecified atom stereocenters. The van der Waals surface area contributed by atoms with E-state index in [1.165, 1.54) is 4.88 Å². The molecule has 0 radical (unpaired) electrons. The highest BCUT2D eigenvalue weighted by atomic mass is 32.1. The maximum Gasteiger partial charge on any atom is 0.227 e. The zero-order valence-corrected chi connectivity index (χ0v) is 18.4. The molecule has 6 heteroatoms. The average molecular weight is 435 g/mol. The first kappa shape index (κ1) is 21.1. The molecule has 1 aliphatic heterocycles. The van der Waals surface area contributed by atoms with Crippen molar-refractivity contribution in [2.24, 2.45) is 11.1 Å². The van der Waals surface area contributed by atoms with Gasteiger partial charge < -0.3 is 15.4 Å². The van der Waals surface area contributed by atoms with E-state index in [-0.39, 0.29) is 18.2 Å². The van der Waals surface area contributed by atoms with Crippen molar-refractivity contribution in [1.82, 2.24) is 4.90 Å². The minimum absolute atomic E-state index is 0.00409. The molecule has 0 spiro atoms. The first-order valence-corrected chi connectivity index (χ1v) is 11.2. The van der Waals surface area contributed by atoms with Crippen molar-refractivity contribution >= 4 is 23.2 Å². The first-order valence-electron chi connectivity index (χ1n) is 10.3. The first-order chi connectivity index (χ1) is 15.0. The van der Waals surface area contributed by atoms with E-state index in [0.717, 1.165) is 22.4 Å². The van der Waals surface area contributed by atoms with Crippen LogP contribution in [0.2, 0.25) is 0 Å². The second-order valence-electron chi connectivity index (χ2n) is 8.09. The van der Waals surface area contributed by atoms with Gasteiger partial charge in [0.2, 0.25) is 11.8 Å². The molecule has 31 heavy (non-hydrogen) atoms. The molecule has 2 N–H and O–H groups in total. The summed E-state index contributed by atoms with van der Waals surface area (Å²) in [6.07, 6.45) is 1.40. The summed E-state index contributed by atoms with van der Waals surface area (Å²) in [5.74, 6) is 0.389. The lowest BCUT2D eigenvalue weighted by molar-refractivity contribution is -0.131. The largest absolute Gasteiger partial charge is 0.497 e. The van der Waals surface area contributed by atoms with Gasteiger partial charge in [0.15, 0.2) is 0 Å². The van der Waals surface area contributed by atoms with Gasteiger partial charge in [-0.25, -0.2) is 0 Å². The van der Waals surface area contributed by atoms with Crippen molar-refractivity contribution in [3.05, 3.63) is 77.2 Å². The molecule has 2 aromatic carbocycles. The van der Waals surface area contributed by atoms with Crippen molar-refractivity contribution in [1.29, 1.82) is 0 Å². The second kappa shape index (κ2) is 8.94. The summed E-state index contributed by atoms with van der Waals surface area (Å²) in [6, 6.07) is 19.9. The topological polar surface area (TPSA) is 72.6 Å². The number of hydrogen-bond acceptors (Lipinski definition) is 4. The van der Waals surface area contributed by atoms with Crippen molar-refractivity contribution in [3.63, 3.8) is 0 Å². The smallest absolute Gasteiger partial charge is 0.227 e. The third kappa shape index (κ3) is 4.64. The van der Waals surface area contributed by atoms with Crippen LogP contribution in [0.25, 0.3) is 10.4 Å². The van der Waals surface area contributed by atoms with Gasteiger partial charge in [0.05, 0.1) is 18.9 Å². The Hall–Kier alpha value is -3.12. The molecule has 1 saturated heterocycles. The third-order valence-electron chi connectivity index (χ3n) is 6.02. The standard InChI is InChI=1S/C25H26N2O3S/c1-30-21-5-2-4-19(14-21)15-23(28)27-12-11-25(17-27,24(26)29)16-18-7-9-20(10-8-18)22-6-3-13-31-22/h2-10,13-14H,11-12,15-17H2,1H3,(H2,26,29)/t25-/m1/s1. The van der Waals surface area contributed by atoms with E-state index < -0.39 is 5.41 Å². The molecule has 1 atom stereocenters. The number of amides is 2. The van der Waals surface area contributed by atoms with Crippen LogP contribution < -0.4 is 10.5 Å². The Labute approximate surface area is 186 Å². The molecule has 4 rings (SSSR count). The van der Waals surface area contributed by atoms with Crippen LogP contribution in [0.15, 0.2) is 66.0 Å². The van der Waals surface area contributed by atoms with Crippen molar-refractivity contribution < 1.29 is 14.3 Å². The highest BCUT2D eigenvalue weighted by Gasteiger charge is 2.44. The number of primary amides is 1. The van der Waals surface area contributed by atoms with Gasteiger partial charge in [-0.1, -0.05) is 42.5 Å². The molecular weight excluding hydrogens is 408 g/mol. The number of ether oxygens (including phenoxy) is 1. The maximum atomic E-state index is 12.9. The number of carbonyl (C=O) groups is 2. The van der Waals surface area contributed by atoms with Crippen LogP contribution in [0.3, 0.4) is 0 Å². The quantitative estimate of drug-likeness (QED) is 0.613. The van der Waals surface area contributed by atoms with Gasteiger partial charge in [0.25, 0.3) is 0 Å². The molecule has 3 aromatic rings. The number of likely N-dealkylation sites (tertiary alicyclic amines) is 1. The molecule has 1 aliphatic rings. The van der Waals surface area contributed by atoms with Gasteiger partial charge in [-0.2, -0.15) is 0 Å². The summed E-state index contributed by atoms with van der Waals surface area (Å²) < 4.78 is 5.24. The Morgan fingerprint density at radius 1 is 1.10 bits per heavy atom. The van der Waals surface area contributed by atoms with E-state index in [0.29, 0.717) is 25.9 Å². The highest BCUT2D eigenvalue weighted by molar-refractivity contribution is 7.13. The van der Waals surface area contributed by atoms with Crippen LogP contribution in [0.4, 0.5) is 0 Å². The van der Waals surface area contributed by atoms with Crippen LogP contribution in [-0.4, -0.2) is 36.9 Å². The van der Waals surface area contributed by atoms with Gasteiger partial charge >= 0.3 is 0 Å². The van der Waals surface area contributed by atoms with Gasteiger partial charge in [0, 0.05) is 18.0 Å². The fourth-order valence-corrected chi connectivity index (χ4v) is 4.94. The number of hydrogen-bond donors (Lipinski definition) is 1. The van der Waals surface area contributed by atoms with Gasteiger partial charge in [-0.05, 0) is 53.1 Å². The zero-order valence-electron chi connectivity index (χ0n) is 17.5. The molecule has 0 bridgehead atoms. The summed E-state index contributed by atoms with van der Waals surface area (Å²) >= 11 is 1.70. The number of nitrogens with two attached hydrogens (primary N) is 1. The number of methoxy groups -OCH3 is 1. The molecule has 0 aliphatic carbocycles. The van der Waals surface area contributed by atoms with Crippen molar-refractivity contribution in [2.75, 3.05) is 20.2 Å². The lowest BCUT2D eigenvalue weighted by Crippen LogP contribution is -2.42. The van der Waals surface area contributed by atoms with Crippen LogP contribution >= 0.6 is 11.3 Å². The Kier molecular flexibility index (Phi) is 6.09. The zero-order chi connectivity index (χ0) is 21.8. The van der Waals surface area contributed by atoms with Gasteiger partial charge in [0.1, 0.15) is 5.75 Å². The van der Waals surface area contributed by atoms with Crippen molar-refractivity contribution in [3.8, 4) is 16.2 Å². The Bertz CT molecular complexity index is 1060. The van der Waals surface area contributed by atoms with Crippen molar-refractivity contribution in [2.45, 2.75) is 19.3 Å². The highest BCUT2D eigenvalue weighted by Crippen LogP contribution is 2.35. The fourth-order valence-electron chi connectivity index (χ4n) is 4.21. The van der Waals surface area contributed by atoms with Crippen LogP contribution in [0.5, 0.6) is 5.75 Å². The molecular formula is C25H26N2O3S. The molecule has 1 aromatic heterocycles. The molecule has 2 amide bonds. The molecule has 160 valence electrons. The number of carbonyl (C=O) groups excluding carboxylic acids is 2. The van der Waals surface area contributed by atoms with E-state index in [1.807, 2.05) is 30.3 Å². The summed E-state index contributed by atoms with van der Waals surface area (Å²) in [7, 11) is 1.61. The number of thiophene rings is 1. The Balaban J connectivity index is 1.45. The van der Waals surface area contributed by atoms with E-state index in [1.54, 1.807) is 23.3 Å². The SMILES string of the molecule is COc1cccc(CC(=O)N2CC[C@](Cc3ccc(-c4cccs4)cc3)(C(N)=O)C2)c1. The minimum Gasteiger partial charge on any atom is -0.497 e. The third-order valence-corrected chi connectivity index (χ3v) is 6.94. The van der Waals surface area contributed by atoms with E-state index in [4.69, 9.17) is 10.5 Å². The fraction of sp³-hybridized carbons (Fsp3) is 0.280. The normalized spacial score (nSPS) is 18.2. The predicted molar refractivity (Wildman–Crippen MR) is 123 cm³/mol. The minimum atomic E-state index is -0.728. The van der Waals surface area contributed by atoms with Crippen LogP contribution in [0.1, 0.15) is 17.5 Å². The van der Waals surface area contributed by atoms with E-state index in [9.17, 15) is 9.59 Å². The molecule has 0 saturated carbocycles. The lowest BCUT2D eigenvalue weighted by Gasteiger charge is -2.26. The van der Waals surface area contributed by atoms with Crippen LogP contribution in [0, 0.1) is 5.41 Å². The Morgan fingerprint density at radius 3 is 2.58 bits per heavy atom. The maximum absolute atomic E-state index is 12.9. The summed E-state index contributed by atoms with van der Waals surface area (Å²) in [6.45, 7) is 0.900. The predicted octanol–water partition coefficient (Wildman–Crippen LogP) is 3.91. The number of benzene rings is 2. The van der Waals surface area contributed by atoms with E-state index in [2.05, 4.69) is 35.7 Å². The average Bonchev–Trinajstić information content (AvgIpc) is 3.46. The second-order valence-corrected chi connectivity index (χ2v) is 9.04. The Morgan fingerprint density at radius 2 is 1.90 bits per heavy atom. The lowest BCUT2D eigenvalue weighted by atomic mass is 9.80. The summed E-state index contributed by atoms with van der Waals surface area (Å²) in [4.78, 5) is 28.3. The van der Waals surface area contributed by atoms with Crippen LogP contribution in [-0.2, 0) is 22.4 Å². The molecule has 1 fully saturated rings. The van der Waals surface area contributed by atoms with Gasteiger partial charge in [-0.3, -0.25) is 9.59 Å². The van der Waals surface area contributed by atoms with Gasteiger partial charge in [-0.15, -0.1) is 11.3 Å².